The Balaban J connectivity index is -0.0000000267. The third kappa shape index (κ3) is 57.7. The van der Waals surface area contributed by atoms with Crippen LogP contribution in [-0.2, 0) is 22.5 Å². The van der Waals surface area contributed by atoms with Crippen molar-refractivity contribution in [1.82, 2.24) is 0 Å². The predicted octanol–water partition coefficient (Wildman–Crippen LogP) is -9.43. The molecule has 8 heavy (non-hydrogen) atoms. The van der Waals surface area contributed by atoms with E-state index in [9.17, 15) is 0 Å². The summed E-state index contributed by atoms with van der Waals surface area (Å²) in [5.41, 5.74) is 0. The maximum atomic E-state index is 8.61. The molecule has 0 aliphatic heterocycles. The van der Waals surface area contributed by atoms with E-state index in [1.807, 2.05) is 0 Å². The SMILES string of the molecule is O.[K+].[K+].[O]=[Ru](=[O])([O-])[O-]. The van der Waals surface area contributed by atoms with Crippen molar-refractivity contribution in [3.63, 3.8) is 0 Å². The van der Waals surface area contributed by atoms with Crippen molar-refractivity contribution in [2.75, 3.05) is 0 Å². The molecule has 0 aliphatic rings. The molecule has 0 aromatic heterocycles. The Morgan fingerprint density at radius 3 is 1.00 bits per heavy atom. The molecule has 0 heterocycles. The molecule has 0 radical (unpaired) electrons. The van der Waals surface area contributed by atoms with E-state index in [0.29, 0.717) is 0 Å². The molecule has 0 aromatic carbocycles. The summed E-state index contributed by atoms with van der Waals surface area (Å²) in [7, 11) is 0. The standard InChI is InChI=1S/2K.H2O.4O.Ru/h;;1H2;;;;;/q2*+1;;;;2*-1;. The Labute approximate surface area is 135 Å². The summed E-state index contributed by atoms with van der Waals surface area (Å²) in [5.74, 6) is 0. The van der Waals surface area contributed by atoms with Gasteiger partial charge in [-0.3, -0.25) is 0 Å². The van der Waals surface area contributed by atoms with Crippen LogP contribution in [0.1, 0.15) is 0 Å². The van der Waals surface area contributed by atoms with Gasteiger partial charge in [0.25, 0.3) is 0 Å². The third-order valence-electron chi connectivity index (χ3n) is 0. The molecule has 0 spiro atoms. The van der Waals surface area contributed by atoms with Gasteiger partial charge in [0, 0.05) is 0 Å². The minimum atomic E-state index is -5.86. The molecule has 42 valence electrons. The van der Waals surface area contributed by atoms with Crippen molar-refractivity contribution in [1.29, 1.82) is 0 Å². The molecule has 8 heteroatoms. The van der Waals surface area contributed by atoms with Crippen LogP contribution in [0, 0.1) is 0 Å². The van der Waals surface area contributed by atoms with Crippen LogP contribution in [0.4, 0.5) is 0 Å². The zero-order valence-electron chi connectivity index (χ0n) is 4.49. The van der Waals surface area contributed by atoms with Gasteiger partial charge in [0.2, 0.25) is 0 Å². The van der Waals surface area contributed by atoms with Gasteiger partial charge < -0.3 is 5.48 Å². The van der Waals surface area contributed by atoms with E-state index in [2.05, 4.69) is 0 Å². The van der Waals surface area contributed by atoms with Gasteiger partial charge in [0.15, 0.2) is 0 Å². The average molecular weight is 261 g/mol. The molecule has 0 rings (SSSR count). The molecule has 0 amide bonds. The first kappa shape index (κ1) is 22.5. The Kier molecular flexibility index (Phi) is 29.2. The fourth-order valence-electron chi connectivity index (χ4n) is 0. The van der Waals surface area contributed by atoms with E-state index in [4.69, 9.17) is 15.0 Å². The van der Waals surface area contributed by atoms with Crippen molar-refractivity contribution >= 4 is 0 Å². The van der Waals surface area contributed by atoms with Crippen LogP contribution in [0.3, 0.4) is 0 Å². The fourth-order valence-corrected chi connectivity index (χ4v) is 0. The van der Waals surface area contributed by atoms with Crippen molar-refractivity contribution < 1.29 is 139 Å². The van der Waals surface area contributed by atoms with E-state index in [1.165, 1.54) is 0 Å². The van der Waals surface area contributed by atoms with Crippen LogP contribution in [0.25, 0.3) is 0 Å². The first-order valence-electron chi connectivity index (χ1n) is 0.577. The molecule has 5 nitrogen and oxygen atoms in total. The maximum absolute atomic E-state index is 8.61. The Hall–Kier alpha value is 3.38. The topological polar surface area (TPSA) is 112 Å². The Bertz CT molecular complexity index is 93.6. The Morgan fingerprint density at radius 2 is 1.00 bits per heavy atom. The van der Waals surface area contributed by atoms with E-state index < -0.39 is 15.4 Å². The predicted molar refractivity (Wildman–Crippen MR) is 4.99 cm³/mol. The van der Waals surface area contributed by atoms with Gasteiger partial charge in [-0.1, -0.05) is 0 Å². The first-order chi connectivity index (χ1) is 2.00. The normalized spacial score (nSPS) is 9.25. The van der Waals surface area contributed by atoms with Gasteiger partial charge in [0.1, 0.15) is 0 Å². The van der Waals surface area contributed by atoms with E-state index in [1.54, 1.807) is 0 Å². The second-order valence-corrected chi connectivity index (χ2v) is 2.09. The zero-order valence-corrected chi connectivity index (χ0v) is 12.5. The van der Waals surface area contributed by atoms with Gasteiger partial charge in [-0.05, 0) is 0 Å². The molecule has 0 atom stereocenters. The average Bonchev–Trinajstić information content (AvgIpc) is 0.722. The van der Waals surface area contributed by atoms with Gasteiger partial charge in [-0.15, -0.1) is 0 Å². The van der Waals surface area contributed by atoms with E-state index in [0.717, 1.165) is 0 Å². The minimum absolute atomic E-state index is 0. The fraction of sp³-hybridized carbons (Fsp3) is 0. The summed E-state index contributed by atoms with van der Waals surface area (Å²) in [5, 5.41) is 0. The van der Waals surface area contributed by atoms with Crippen molar-refractivity contribution in [2.24, 2.45) is 0 Å². The molecular weight excluding hydrogens is 259 g/mol. The molecule has 0 unspecified atom stereocenters. The first-order valence-corrected chi connectivity index (χ1v) is 3.42. The number of hydrogen-bond donors (Lipinski definition) is 0. The van der Waals surface area contributed by atoms with Crippen LogP contribution < -0.4 is 111 Å². The van der Waals surface area contributed by atoms with Crippen molar-refractivity contribution in [3.05, 3.63) is 0 Å². The second kappa shape index (κ2) is 10.4. The zero-order chi connectivity index (χ0) is 4.50. The summed E-state index contributed by atoms with van der Waals surface area (Å²) in [6.45, 7) is 0. The van der Waals surface area contributed by atoms with E-state index in [-0.39, 0.29) is 108 Å². The van der Waals surface area contributed by atoms with Crippen molar-refractivity contribution in [2.45, 2.75) is 0 Å². The van der Waals surface area contributed by atoms with Crippen LogP contribution in [0.2, 0.25) is 0 Å². The summed E-state index contributed by atoms with van der Waals surface area (Å²) in [6, 6.07) is 0. The molecule has 0 saturated carbocycles. The summed E-state index contributed by atoms with van der Waals surface area (Å²) < 4.78 is 34.4. The summed E-state index contributed by atoms with van der Waals surface area (Å²) in [6.07, 6.45) is 0. The van der Waals surface area contributed by atoms with Crippen LogP contribution in [0.15, 0.2) is 0 Å². The second-order valence-electron chi connectivity index (χ2n) is 0.354. The van der Waals surface area contributed by atoms with E-state index >= 15 is 0 Å². The molecule has 0 aliphatic carbocycles. The monoisotopic (exact) mass is 262 g/mol. The molecular formula is H2K2O5Ru. The van der Waals surface area contributed by atoms with Gasteiger partial charge in [-0.2, -0.15) is 0 Å². The van der Waals surface area contributed by atoms with Gasteiger partial charge >= 0.3 is 133 Å². The van der Waals surface area contributed by atoms with Crippen LogP contribution in [-0.4, -0.2) is 5.48 Å². The number of rotatable bonds is 0. The Morgan fingerprint density at radius 1 is 1.00 bits per heavy atom. The van der Waals surface area contributed by atoms with Gasteiger partial charge in [-0.25, -0.2) is 0 Å². The molecule has 0 saturated heterocycles. The molecule has 0 aromatic rings. The summed E-state index contributed by atoms with van der Waals surface area (Å²) in [4.78, 5) is 0. The van der Waals surface area contributed by atoms with Gasteiger partial charge in [0.05, 0.1) is 0 Å². The molecule has 2 N–H and O–H groups in total. The quantitative estimate of drug-likeness (QED) is 0.403. The number of hydrogen-bond acceptors (Lipinski definition) is 4. The van der Waals surface area contributed by atoms with Crippen LogP contribution >= 0.6 is 0 Å². The van der Waals surface area contributed by atoms with Crippen molar-refractivity contribution in [3.8, 4) is 0 Å². The van der Waals surface area contributed by atoms with Crippen LogP contribution in [0.5, 0.6) is 0 Å². The third-order valence-corrected chi connectivity index (χ3v) is 0. The summed E-state index contributed by atoms with van der Waals surface area (Å²) >= 11 is -5.86. The molecule has 0 bridgehead atoms. The molecule has 0 fully saturated rings.